The second kappa shape index (κ2) is 11.8. The molecule has 5 rings (SSSR count). The zero-order chi connectivity index (χ0) is 30.9. The van der Waals surface area contributed by atoms with Crippen molar-refractivity contribution in [3.05, 3.63) is 63.0 Å². The van der Waals surface area contributed by atoms with Crippen molar-refractivity contribution < 1.29 is 41.4 Å². The number of carbonyl (C=O) groups excluding carboxylic acids is 2. The molecule has 2 aromatic carbocycles. The third-order valence-electron chi connectivity index (χ3n) is 7.73. The molecule has 0 bridgehead atoms. The number of imide groups is 1. The second-order valence-corrected chi connectivity index (χ2v) is 10.8. The van der Waals surface area contributed by atoms with Gasteiger partial charge in [-0.1, -0.05) is 32.8 Å². The summed E-state index contributed by atoms with van der Waals surface area (Å²) in [6.07, 6.45) is -1.74. The van der Waals surface area contributed by atoms with Crippen molar-refractivity contribution in [2.24, 2.45) is 0 Å². The van der Waals surface area contributed by atoms with Gasteiger partial charge in [-0.25, -0.2) is 9.59 Å². The van der Waals surface area contributed by atoms with Gasteiger partial charge in [0.2, 0.25) is 6.79 Å². The average molecular weight is 603 g/mol. The number of fused-ring (bicyclic) bond motifs is 2. The quantitative estimate of drug-likeness (QED) is 0.161. The minimum Gasteiger partial charge on any atom is -0.493 e. The molecular formula is C31H33F3N2O7. The summed E-state index contributed by atoms with van der Waals surface area (Å²) in [5, 5.41) is 2.62. The van der Waals surface area contributed by atoms with Gasteiger partial charge in [-0.05, 0) is 61.9 Å². The molecule has 0 saturated carbocycles. The SMILES string of the molecule is CCCc1cc2c(C(F)(F)F)cc(=O)oc2c(CCC)c1OCCCCN1C(=O)NC(C)(c2ccc3c(c2)OCO3)C1=O. The first kappa shape index (κ1) is 30.2. The third kappa shape index (κ3) is 5.74. The van der Waals surface area contributed by atoms with E-state index in [0.29, 0.717) is 78.5 Å². The fourth-order valence-corrected chi connectivity index (χ4v) is 5.60. The first-order valence-electron chi connectivity index (χ1n) is 14.3. The minimum atomic E-state index is -4.72. The highest BCUT2D eigenvalue weighted by Crippen LogP contribution is 2.41. The van der Waals surface area contributed by atoms with Crippen molar-refractivity contribution in [1.82, 2.24) is 10.2 Å². The molecule has 12 heteroatoms. The fraction of sp³-hybridized carbons (Fsp3) is 0.452. The Morgan fingerprint density at radius 3 is 2.47 bits per heavy atom. The number of benzene rings is 2. The van der Waals surface area contributed by atoms with Gasteiger partial charge in [0.1, 0.15) is 16.9 Å². The van der Waals surface area contributed by atoms with Crippen LogP contribution < -0.4 is 25.2 Å². The van der Waals surface area contributed by atoms with Crippen LogP contribution in [0.15, 0.2) is 39.5 Å². The number of aryl methyl sites for hydroxylation is 2. The summed E-state index contributed by atoms with van der Waals surface area (Å²) >= 11 is 0. The van der Waals surface area contributed by atoms with Crippen LogP contribution in [0.2, 0.25) is 0 Å². The Kier molecular flexibility index (Phi) is 8.31. The fourth-order valence-electron chi connectivity index (χ4n) is 5.60. The molecule has 230 valence electrons. The number of ether oxygens (including phenoxy) is 3. The molecule has 2 aliphatic rings. The van der Waals surface area contributed by atoms with E-state index in [4.69, 9.17) is 18.6 Å². The summed E-state index contributed by atoms with van der Waals surface area (Å²) < 4.78 is 63.7. The number of halogens is 3. The second-order valence-electron chi connectivity index (χ2n) is 10.8. The zero-order valence-electron chi connectivity index (χ0n) is 24.2. The van der Waals surface area contributed by atoms with E-state index < -0.39 is 34.8 Å². The van der Waals surface area contributed by atoms with Crippen LogP contribution in [0.3, 0.4) is 0 Å². The van der Waals surface area contributed by atoms with Crippen LogP contribution in [0.4, 0.5) is 18.0 Å². The minimum absolute atomic E-state index is 0.0894. The van der Waals surface area contributed by atoms with Gasteiger partial charge in [0.05, 0.1) is 12.2 Å². The maximum atomic E-state index is 13.8. The Bertz CT molecular complexity index is 1620. The van der Waals surface area contributed by atoms with E-state index in [2.05, 4.69) is 5.32 Å². The van der Waals surface area contributed by atoms with Crippen LogP contribution in [0.5, 0.6) is 17.2 Å². The molecule has 0 spiro atoms. The Morgan fingerprint density at radius 2 is 1.74 bits per heavy atom. The molecule has 2 aliphatic heterocycles. The number of unbranched alkanes of at least 4 members (excludes halogenated alkanes) is 1. The predicted molar refractivity (Wildman–Crippen MR) is 150 cm³/mol. The highest BCUT2D eigenvalue weighted by atomic mass is 19.4. The molecule has 1 unspecified atom stereocenters. The number of hydrogen-bond acceptors (Lipinski definition) is 7. The Hall–Kier alpha value is -4.22. The van der Waals surface area contributed by atoms with E-state index in [-0.39, 0.29) is 30.9 Å². The van der Waals surface area contributed by atoms with Crippen molar-refractivity contribution in [2.45, 2.75) is 71.0 Å². The topological polar surface area (TPSA) is 107 Å². The summed E-state index contributed by atoms with van der Waals surface area (Å²) in [6.45, 7) is 5.86. The molecule has 3 amide bonds. The molecule has 1 aromatic heterocycles. The number of amides is 3. The number of carbonyl (C=O) groups is 2. The van der Waals surface area contributed by atoms with Gasteiger partial charge in [-0.15, -0.1) is 0 Å². The van der Waals surface area contributed by atoms with Gasteiger partial charge in [0.15, 0.2) is 11.5 Å². The highest BCUT2D eigenvalue weighted by molar-refractivity contribution is 6.07. The summed E-state index contributed by atoms with van der Waals surface area (Å²) in [4.78, 5) is 39.4. The molecule has 1 fully saturated rings. The predicted octanol–water partition coefficient (Wildman–Crippen LogP) is 6.07. The summed E-state index contributed by atoms with van der Waals surface area (Å²) in [5.41, 5.74) is -1.87. The van der Waals surface area contributed by atoms with E-state index in [0.717, 1.165) is 0 Å². The van der Waals surface area contributed by atoms with E-state index in [1.165, 1.54) is 11.0 Å². The Balaban J connectivity index is 1.30. The van der Waals surface area contributed by atoms with Crippen molar-refractivity contribution in [1.29, 1.82) is 0 Å². The van der Waals surface area contributed by atoms with E-state index in [9.17, 15) is 27.6 Å². The van der Waals surface area contributed by atoms with Crippen LogP contribution in [-0.4, -0.2) is 36.8 Å². The number of rotatable bonds is 11. The number of nitrogens with one attached hydrogen (secondary N) is 1. The maximum absolute atomic E-state index is 13.8. The van der Waals surface area contributed by atoms with Crippen molar-refractivity contribution in [2.75, 3.05) is 19.9 Å². The van der Waals surface area contributed by atoms with Crippen LogP contribution in [0.1, 0.15) is 68.7 Å². The number of hydrogen-bond donors (Lipinski definition) is 1. The van der Waals surface area contributed by atoms with Crippen LogP contribution in [0.25, 0.3) is 11.0 Å². The summed E-state index contributed by atoms with van der Waals surface area (Å²) in [7, 11) is 0. The van der Waals surface area contributed by atoms with Gasteiger partial charge in [-0.2, -0.15) is 13.2 Å². The lowest BCUT2D eigenvalue weighted by molar-refractivity contribution is -0.136. The highest BCUT2D eigenvalue weighted by Gasteiger charge is 2.49. The molecule has 0 aliphatic carbocycles. The van der Waals surface area contributed by atoms with Gasteiger partial charge in [-0.3, -0.25) is 9.69 Å². The summed E-state index contributed by atoms with van der Waals surface area (Å²) in [6, 6.07) is 6.48. The van der Waals surface area contributed by atoms with E-state index in [1.54, 1.807) is 25.1 Å². The van der Waals surface area contributed by atoms with Gasteiger partial charge in [0, 0.05) is 23.6 Å². The molecule has 0 radical (unpaired) electrons. The molecular weight excluding hydrogens is 569 g/mol. The number of alkyl halides is 3. The van der Waals surface area contributed by atoms with Gasteiger partial charge < -0.3 is 23.9 Å². The van der Waals surface area contributed by atoms with E-state index >= 15 is 0 Å². The lowest BCUT2D eigenvalue weighted by Gasteiger charge is -2.22. The zero-order valence-corrected chi connectivity index (χ0v) is 24.2. The molecule has 1 saturated heterocycles. The molecule has 1 atom stereocenters. The Morgan fingerprint density at radius 1 is 1.00 bits per heavy atom. The average Bonchev–Trinajstić information content (AvgIpc) is 3.51. The first-order chi connectivity index (χ1) is 20.5. The smallest absolute Gasteiger partial charge is 0.417 e. The lowest BCUT2D eigenvalue weighted by atomic mass is 9.91. The molecule has 3 heterocycles. The lowest BCUT2D eigenvalue weighted by Crippen LogP contribution is -2.41. The molecule has 43 heavy (non-hydrogen) atoms. The molecule has 3 aromatic rings. The van der Waals surface area contributed by atoms with Crippen molar-refractivity contribution in [3.8, 4) is 17.2 Å². The van der Waals surface area contributed by atoms with E-state index in [1.807, 2.05) is 13.8 Å². The molecule has 1 N–H and O–H groups in total. The molecule has 9 nitrogen and oxygen atoms in total. The number of nitrogens with zero attached hydrogens (tertiary/aromatic N) is 1. The normalized spacial score (nSPS) is 18.0. The van der Waals surface area contributed by atoms with Gasteiger partial charge in [0.25, 0.3) is 5.91 Å². The van der Waals surface area contributed by atoms with Gasteiger partial charge >= 0.3 is 17.8 Å². The maximum Gasteiger partial charge on any atom is 0.417 e. The monoisotopic (exact) mass is 602 g/mol. The van der Waals surface area contributed by atoms with Crippen LogP contribution in [-0.2, 0) is 29.4 Å². The third-order valence-corrected chi connectivity index (χ3v) is 7.73. The van der Waals surface area contributed by atoms with Crippen molar-refractivity contribution in [3.63, 3.8) is 0 Å². The van der Waals surface area contributed by atoms with Crippen molar-refractivity contribution >= 4 is 22.9 Å². The standard InChI is InChI=1S/C31H33F3N2O7/c1-4-8-18-14-21-22(31(32,33)34)16-25(37)43-27(21)20(9-5-2)26(18)40-13-7-6-12-36-28(38)30(3,35-29(36)39)19-10-11-23-24(15-19)42-17-41-23/h10-11,14-16H,4-9,12-13,17H2,1-3H3,(H,35,39). The Labute approximate surface area is 245 Å². The van der Waals surface area contributed by atoms with Crippen LogP contribution >= 0.6 is 0 Å². The largest absolute Gasteiger partial charge is 0.493 e. The first-order valence-corrected chi connectivity index (χ1v) is 14.3. The summed E-state index contributed by atoms with van der Waals surface area (Å²) in [5.74, 6) is 1.10. The number of urea groups is 1. The van der Waals surface area contributed by atoms with Crippen LogP contribution in [0, 0.1) is 0 Å².